The van der Waals surface area contributed by atoms with E-state index in [9.17, 15) is 9.00 Å². The van der Waals surface area contributed by atoms with Crippen molar-refractivity contribution in [2.45, 2.75) is 19.8 Å². The fraction of sp³-hybridized carbons (Fsp3) is 0.364. The van der Waals surface area contributed by atoms with E-state index in [2.05, 4.69) is 10.0 Å². The molecular formula is C11H15ClN2O2S. The molecule has 17 heavy (non-hydrogen) atoms. The number of anilines is 1. The number of urea groups is 1. The zero-order valence-electron chi connectivity index (χ0n) is 9.53. The first-order valence-corrected chi connectivity index (χ1v) is 7.03. The summed E-state index contributed by atoms with van der Waals surface area (Å²) in [6.07, 6.45) is 1.78. The van der Waals surface area contributed by atoms with Crippen LogP contribution in [0, 0.1) is 0 Å². The molecule has 94 valence electrons. The summed E-state index contributed by atoms with van der Waals surface area (Å²) in [5.74, 6) is 0.477. The minimum Gasteiger partial charge on any atom is -0.307 e. The van der Waals surface area contributed by atoms with E-state index in [0.29, 0.717) is 16.5 Å². The molecule has 0 heterocycles. The van der Waals surface area contributed by atoms with Crippen molar-refractivity contribution in [1.82, 2.24) is 4.72 Å². The molecule has 1 aromatic rings. The van der Waals surface area contributed by atoms with Gasteiger partial charge in [-0.15, -0.1) is 0 Å². The maximum Gasteiger partial charge on any atom is 0.331 e. The molecule has 6 heteroatoms. The van der Waals surface area contributed by atoms with Crippen LogP contribution in [0.1, 0.15) is 19.8 Å². The van der Waals surface area contributed by atoms with Crippen molar-refractivity contribution in [3.63, 3.8) is 0 Å². The lowest BCUT2D eigenvalue weighted by Gasteiger charge is -2.06. The van der Waals surface area contributed by atoms with E-state index in [1.807, 2.05) is 6.92 Å². The van der Waals surface area contributed by atoms with Crippen LogP contribution < -0.4 is 10.0 Å². The number of rotatable bonds is 5. The second-order valence-corrected chi connectivity index (χ2v) is 5.21. The number of nitrogens with one attached hydrogen (secondary N) is 2. The summed E-state index contributed by atoms with van der Waals surface area (Å²) in [4.78, 5) is 11.4. The Morgan fingerprint density at radius 2 is 2.00 bits per heavy atom. The third-order valence-corrected chi connectivity index (χ3v) is 3.32. The largest absolute Gasteiger partial charge is 0.331 e. The Hall–Kier alpha value is -1.07. The highest BCUT2D eigenvalue weighted by Gasteiger charge is 2.05. The Labute approximate surface area is 108 Å². The van der Waals surface area contributed by atoms with E-state index in [-0.39, 0.29) is 0 Å². The molecular weight excluding hydrogens is 260 g/mol. The predicted octanol–water partition coefficient (Wildman–Crippen LogP) is 2.93. The topological polar surface area (TPSA) is 58.2 Å². The standard InChI is InChI=1S/C11H15ClN2O2S/c1-2-3-8-17(16)14-11(15)13-10-6-4-9(12)5-7-10/h4-7H,2-3,8H2,1H3,(H2,13,14,15). The zero-order valence-corrected chi connectivity index (χ0v) is 11.1. The van der Waals surface area contributed by atoms with Crippen LogP contribution in [0.2, 0.25) is 5.02 Å². The zero-order chi connectivity index (χ0) is 12.7. The van der Waals surface area contributed by atoms with Crippen molar-refractivity contribution in [3.05, 3.63) is 29.3 Å². The van der Waals surface area contributed by atoms with Gasteiger partial charge in [0, 0.05) is 16.5 Å². The maximum atomic E-state index is 11.4. The molecule has 0 spiro atoms. The van der Waals surface area contributed by atoms with Crippen molar-refractivity contribution in [3.8, 4) is 0 Å². The van der Waals surface area contributed by atoms with Gasteiger partial charge in [-0.2, -0.15) is 0 Å². The summed E-state index contributed by atoms with van der Waals surface area (Å²) in [5, 5.41) is 3.17. The minimum atomic E-state index is -1.32. The molecule has 0 bridgehead atoms. The maximum absolute atomic E-state index is 11.4. The Kier molecular flexibility index (Phi) is 6.00. The Morgan fingerprint density at radius 1 is 1.35 bits per heavy atom. The molecule has 1 unspecified atom stereocenters. The van der Waals surface area contributed by atoms with Gasteiger partial charge in [0.2, 0.25) is 0 Å². The smallest absolute Gasteiger partial charge is 0.307 e. The SMILES string of the molecule is CCCCS(=O)NC(=O)Nc1ccc(Cl)cc1. The molecule has 2 amide bonds. The summed E-state index contributed by atoms with van der Waals surface area (Å²) in [7, 11) is -1.32. The number of carbonyl (C=O) groups is 1. The Balaban J connectivity index is 2.39. The summed E-state index contributed by atoms with van der Waals surface area (Å²) >= 11 is 5.71. The number of carbonyl (C=O) groups excluding carboxylic acids is 1. The molecule has 1 atom stereocenters. The fourth-order valence-electron chi connectivity index (χ4n) is 1.12. The highest BCUT2D eigenvalue weighted by Crippen LogP contribution is 2.13. The van der Waals surface area contributed by atoms with Gasteiger partial charge in [0.15, 0.2) is 0 Å². The van der Waals surface area contributed by atoms with E-state index in [4.69, 9.17) is 11.6 Å². The van der Waals surface area contributed by atoms with Crippen LogP contribution >= 0.6 is 11.6 Å². The Bertz CT molecular complexity index is 395. The van der Waals surface area contributed by atoms with E-state index < -0.39 is 17.0 Å². The lowest BCUT2D eigenvalue weighted by Crippen LogP contribution is -2.31. The highest BCUT2D eigenvalue weighted by molar-refractivity contribution is 7.83. The number of benzene rings is 1. The molecule has 0 aliphatic carbocycles. The Morgan fingerprint density at radius 3 is 2.59 bits per heavy atom. The minimum absolute atomic E-state index is 0.471. The number of amides is 2. The van der Waals surface area contributed by atoms with Crippen molar-refractivity contribution >= 4 is 34.3 Å². The van der Waals surface area contributed by atoms with Gasteiger partial charge in [-0.25, -0.2) is 9.00 Å². The van der Waals surface area contributed by atoms with Gasteiger partial charge in [0.1, 0.15) is 11.0 Å². The lowest BCUT2D eigenvalue weighted by molar-refractivity contribution is 0.257. The fourth-order valence-corrected chi connectivity index (χ4v) is 2.16. The van der Waals surface area contributed by atoms with Crippen LogP contribution in [0.5, 0.6) is 0 Å². The highest BCUT2D eigenvalue weighted by atomic mass is 35.5. The molecule has 0 saturated carbocycles. The van der Waals surface area contributed by atoms with E-state index in [1.165, 1.54) is 0 Å². The average Bonchev–Trinajstić information content (AvgIpc) is 2.29. The molecule has 0 aliphatic rings. The molecule has 0 aromatic heterocycles. The molecule has 4 nitrogen and oxygen atoms in total. The first kappa shape index (κ1) is 14.0. The third-order valence-electron chi connectivity index (χ3n) is 1.99. The molecule has 0 saturated heterocycles. The predicted molar refractivity (Wildman–Crippen MR) is 71.5 cm³/mol. The van der Waals surface area contributed by atoms with Gasteiger partial charge in [0.25, 0.3) is 0 Å². The third kappa shape index (κ3) is 5.70. The first-order valence-electron chi connectivity index (χ1n) is 5.33. The van der Waals surface area contributed by atoms with Gasteiger partial charge in [0.05, 0.1) is 0 Å². The number of unbranched alkanes of at least 4 members (excludes halogenated alkanes) is 1. The molecule has 1 rings (SSSR count). The van der Waals surface area contributed by atoms with Crippen molar-refractivity contribution in [1.29, 1.82) is 0 Å². The van der Waals surface area contributed by atoms with Gasteiger partial charge in [-0.05, 0) is 30.7 Å². The number of hydrogen-bond donors (Lipinski definition) is 2. The summed E-state index contributed by atoms with van der Waals surface area (Å²) in [5.41, 5.74) is 0.611. The van der Waals surface area contributed by atoms with Crippen LogP contribution in [0.15, 0.2) is 24.3 Å². The van der Waals surface area contributed by atoms with Crippen molar-refractivity contribution < 1.29 is 9.00 Å². The van der Waals surface area contributed by atoms with Crippen molar-refractivity contribution in [2.75, 3.05) is 11.1 Å². The second kappa shape index (κ2) is 7.29. The van der Waals surface area contributed by atoms with Crippen LogP contribution in [0.3, 0.4) is 0 Å². The van der Waals surface area contributed by atoms with Gasteiger partial charge in [-0.3, -0.25) is 4.72 Å². The normalized spacial score (nSPS) is 11.9. The number of halogens is 1. The second-order valence-electron chi connectivity index (χ2n) is 3.47. The monoisotopic (exact) mass is 274 g/mol. The summed E-state index contributed by atoms with van der Waals surface area (Å²) in [6, 6.07) is 6.23. The van der Waals surface area contributed by atoms with Gasteiger partial charge < -0.3 is 5.32 Å². The van der Waals surface area contributed by atoms with E-state index >= 15 is 0 Å². The summed E-state index contributed by atoms with van der Waals surface area (Å²) in [6.45, 7) is 2.00. The van der Waals surface area contributed by atoms with E-state index in [0.717, 1.165) is 12.8 Å². The molecule has 0 radical (unpaired) electrons. The summed E-state index contributed by atoms with van der Waals surface area (Å²) < 4.78 is 13.7. The molecule has 0 aliphatic heterocycles. The average molecular weight is 275 g/mol. The van der Waals surface area contributed by atoms with Crippen LogP contribution in [0.4, 0.5) is 10.5 Å². The quantitative estimate of drug-likeness (QED) is 0.867. The molecule has 0 fully saturated rings. The van der Waals surface area contributed by atoms with E-state index in [1.54, 1.807) is 24.3 Å². The van der Waals surface area contributed by atoms with Crippen LogP contribution in [-0.4, -0.2) is 16.0 Å². The molecule has 2 N–H and O–H groups in total. The van der Waals surface area contributed by atoms with Crippen molar-refractivity contribution in [2.24, 2.45) is 0 Å². The van der Waals surface area contributed by atoms with Crippen LogP contribution in [-0.2, 0) is 11.0 Å². The first-order chi connectivity index (χ1) is 8.11. The van der Waals surface area contributed by atoms with Gasteiger partial charge in [-0.1, -0.05) is 24.9 Å². The van der Waals surface area contributed by atoms with Crippen LogP contribution in [0.25, 0.3) is 0 Å². The lowest BCUT2D eigenvalue weighted by atomic mass is 10.3. The number of hydrogen-bond acceptors (Lipinski definition) is 2. The van der Waals surface area contributed by atoms with Gasteiger partial charge >= 0.3 is 6.03 Å². The molecule has 1 aromatic carbocycles.